The van der Waals surface area contributed by atoms with Gasteiger partial charge in [-0.1, -0.05) is 0 Å². The van der Waals surface area contributed by atoms with Crippen molar-refractivity contribution < 1.29 is 19.4 Å². The Labute approximate surface area is 122 Å². The minimum absolute atomic E-state index is 0.350. The first kappa shape index (κ1) is 16.3. The van der Waals surface area contributed by atoms with Gasteiger partial charge in [-0.3, -0.25) is 4.79 Å². The summed E-state index contributed by atoms with van der Waals surface area (Å²) < 4.78 is 5.09. The third-order valence-electron chi connectivity index (χ3n) is 3.08. The third kappa shape index (κ3) is 4.38. The van der Waals surface area contributed by atoms with Crippen LogP contribution in [0, 0.1) is 17.2 Å². The summed E-state index contributed by atoms with van der Waals surface area (Å²) in [4.78, 5) is 22.7. The molecule has 0 saturated carbocycles. The Morgan fingerprint density at radius 1 is 1.38 bits per heavy atom. The number of benzene rings is 1. The van der Waals surface area contributed by atoms with E-state index in [1.165, 1.54) is 20.1 Å². The van der Waals surface area contributed by atoms with Crippen molar-refractivity contribution in [2.24, 2.45) is 5.92 Å². The molecule has 7 nitrogen and oxygen atoms in total. The Hall–Kier alpha value is -2.75. The van der Waals surface area contributed by atoms with Gasteiger partial charge in [0.25, 0.3) is 0 Å². The number of methoxy groups -OCH3 is 1. The topological polar surface area (TPSA) is 111 Å². The third-order valence-corrected chi connectivity index (χ3v) is 3.08. The molecule has 1 aromatic carbocycles. The fraction of sp³-hybridized carbons (Fsp3) is 0.357. The van der Waals surface area contributed by atoms with E-state index >= 15 is 0 Å². The molecular formula is C14H17N3O4. The minimum atomic E-state index is -0.987. The van der Waals surface area contributed by atoms with Gasteiger partial charge in [0.2, 0.25) is 0 Å². The number of nitrogens with one attached hydrogen (secondary N) is 2. The summed E-state index contributed by atoms with van der Waals surface area (Å²) in [5.41, 5.74) is 0.801. The molecule has 112 valence electrons. The van der Waals surface area contributed by atoms with Crippen LogP contribution < -0.4 is 15.4 Å². The monoisotopic (exact) mass is 291 g/mol. The molecule has 0 bridgehead atoms. The second kappa shape index (κ2) is 7.14. The predicted octanol–water partition coefficient (Wildman–Crippen LogP) is 1.80. The molecule has 0 radical (unpaired) electrons. The van der Waals surface area contributed by atoms with Crippen LogP contribution in [0.15, 0.2) is 18.2 Å². The Morgan fingerprint density at radius 3 is 2.57 bits per heavy atom. The Morgan fingerprint density at radius 2 is 2.05 bits per heavy atom. The SMILES string of the molecule is COc1cc(C#N)ccc1NC(=O)NC(C)C(C)C(=O)O. The molecule has 3 N–H and O–H groups in total. The van der Waals surface area contributed by atoms with Crippen LogP contribution >= 0.6 is 0 Å². The van der Waals surface area contributed by atoms with Crippen LogP contribution in [0.4, 0.5) is 10.5 Å². The highest BCUT2D eigenvalue weighted by Crippen LogP contribution is 2.25. The summed E-state index contributed by atoms with van der Waals surface area (Å²) in [7, 11) is 1.43. The van der Waals surface area contributed by atoms with Crippen molar-refractivity contribution in [3.05, 3.63) is 23.8 Å². The van der Waals surface area contributed by atoms with Gasteiger partial charge in [-0.25, -0.2) is 4.79 Å². The second-order valence-electron chi connectivity index (χ2n) is 4.54. The summed E-state index contributed by atoms with van der Waals surface area (Å²) in [5, 5.41) is 22.8. The van der Waals surface area contributed by atoms with Gasteiger partial charge in [-0.2, -0.15) is 5.26 Å². The maximum absolute atomic E-state index is 11.8. The standard InChI is InChI=1S/C14H17N3O4/c1-8(13(18)19)9(2)16-14(20)17-11-5-4-10(7-15)6-12(11)21-3/h4-6,8-9H,1-3H3,(H,18,19)(H2,16,17,20). The van der Waals surface area contributed by atoms with Crippen molar-refractivity contribution in [2.45, 2.75) is 19.9 Å². The largest absolute Gasteiger partial charge is 0.495 e. The maximum Gasteiger partial charge on any atom is 0.319 e. The highest BCUT2D eigenvalue weighted by molar-refractivity contribution is 5.91. The van der Waals surface area contributed by atoms with E-state index < -0.39 is 24.0 Å². The zero-order chi connectivity index (χ0) is 16.0. The molecule has 7 heteroatoms. The molecule has 1 rings (SSSR count). The lowest BCUT2D eigenvalue weighted by molar-refractivity contribution is -0.141. The predicted molar refractivity (Wildman–Crippen MR) is 76.1 cm³/mol. The minimum Gasteiger partial charge on any atom is -0.495 e. The van der Waals surface area contributed by atoms with E-state index in [2.05, 4.69) is 10.6 Å². The number of amides is 2. The molecule has 0 aliphatic carbocycles. The maximum atomic E-state index is 11.8. The van der Waals surface area contributed by atoms with Crippen molar-refractivity contribution >= 4 is 17.7 Å². The summed E-state index contributed by atoms with van der Waals surface area (Å²) in [6.07, 6.45) is 0. The Balaban J connectivity index is 2.75. The number of ether oxygens (including phenoxy) is 1. The van der Waals surface area contributed by atoms with Crippen molar-refractivity contribution in [3.8, 4) is 11.8 Å². The number of carboxylic acid groups (broad SMARTS) is 1. The lowest BCUT2D eigenvalue weighted by Gasteiger charge is -2.18. The Kier molecular flexibility index (Phi) is 5.55. The van der Waals surface area contributed by atoms with Gasteiger partial charge in [0, 0.05) is 12.1 Å². The fourth-order valence-corrected chi connectivity index (χ4v) is 1.57. The molecule has 1 aromatic rings. The molecular weight excluding hydrogens is 274 g/mol. The first-order chi connectivity index (χ1) is 9.88. The van der Waals surface area contributed by atoms with Gasteiger partial charge in [0.1, 0.15) is 5.75 Å². The van der Waals surface area contributed by atoms with Crippen LogP contribution in [0.5, 0.6) is 5.75 Å². The van der Waals surface area contributed by atoms with E-state index in [0.717, 1.165) is 0 Å². The van der Waals surface area contributed by atoms with Crippen molar-refractivity contribution in [2.75, 3.05) is 12.4 Å². The number of hydrogen-bond acceptors (Lipinski definition) is 4. The van der Waals surface area contributed by atoms with Crippen LogP contribution in [0.25, 0.3) is 0 Å². The summed E-state index contributed by atoms with van der Waals surface area (Å²) >= 11 is 0. The highest BCUT2D eigenvalue weighted by Gasteiger charge is 2.21. The van der Waals surface area contributed by atoms with Gasteiger partial charge in [-0.05, 0) is 26.0 Å². The van der Waals surface area contributed by atoms with Gasteiger partial charge < -0.3 is 20.5 Å². The number of nitrogens with zero attached hydrogens (tertiary/aromatic N) is 1. The smallest absolute Gasteiger partial charge is 0.319 e. The average Bonchev–Trinajstić information content (AvgIpc) is 2.46. The summed E-state index contributed by atoms with van der Waals surface area (Å²) in [5.74, 6) is -1.35. The molecule has 0 aromatic heterocycles. The number of carboxylic acids is 1. The molecule has 0 saturated heterocycles. The number of aliphatic carboxylic acids is 1. The number of anilines is 1. The molecule has 2 unspecified atom stereocenters. The average molecular weight is 291 g/mol. The zero-order valence-corrected chi connectivity index (χ0v) is 12.0. The first-order valence-electron chi connectivity index (χ1n) is 6.27. The Bertz CT molecular complexity index is 580. The fourth-order valence-electron chi connectivity index (χ4n) is 1.57. The summed E-state index contributed by atoms with van der Waals surface area (Å²) in [6.45, 7) is 3.12. The van der Waals surface area contributed by atoms with Crippen LogP contribution in [0.3, 0.4) is 0 Å². The molecule has 0 aliphatic heterocycles. The lowest BCUT2D eigenvalue weighted by atomic mass is 10.0. The molecule has 2 atom stereocenters. The van der Waals surface area contributed by atoms with E-state index in [1.54, 1.807) is 19.1 Å². The molecule has 21 heavy (non-hydrogen) atoms. The van der Waals surface area contributed by atoms with E-state index in [0.29, 0.717) is 17.0 Å². The lowest BCUT2D eigenvalue weighted by Crippen LogP contribution is -2.42. The van der Waals surface area contributed by atoms with Gasteiger partial charge in [0.15, 0.2) is 0 Å². The molecule has 2 amide bonds. The van der Waals surface area contributed by atoms with E-state index in [9.17, 15) is 9.59 Å². The van der Waals surface area contributed by atoms with E-state index in [-0.39, 0.29) is 0 Å². The number of rotatable bonds is 5. The molecule has 0 fully saturated rings. The second-order valence-corrected chi connectivity index (χ2v) is 4.54. The van der Waals surface area contributed by atoms with Crippen molar-refractivity contribution in [1.82, 2.24) is 5.32 Å². The number of hydrogen-bond donors (Lipinski definition) is 3. The number of carbonyl (C=O) groups is 2. The number of nitriles is 1. The van der Waals surface area contributed by atoms with Crippen LogP contribution in [0.2, 0.25) is 0 Å². The van der Waals surface area contributed by atoms with Crippen LogP contribution in [-0.4, -0.2) is 30.3 Å². The number of urea groups is 1. The van der Waals surface area contributed by atoms with E-state index in [1.807, 2.05) is 6.07 Å². The quantitative estimate of drug-likeness (QED) is 0.765. The van der Waals surface area contributed by atoms with E-state index in [4.69, 9.17) is 15.1 Å². The number of carbonyl (C=O) groups excluding carboxylic acids is 1. The van der Waals surface area contributed by atoms with Gasteiger partial charge in [0.05, 0.1) is 30.3 Å². The summed E-state index contributed by atoms with van der Waals surface area (Å²) in [6, 6.07) is 5.48. The normalized spacial score (nSPS) is 12.7. The zero-order valence-electron chi connectivity index (χ0n) is 12.0. The van der Waals surface area contributed by atoms with Crippen LogP contribution in [-0.2, 0) is 4.79 Å². The van der Waals surface area contributed by atoms with Crippen molar-refractivity contribution in [1.29, 1.82) is 5.26 Å². The molecule has 0 spiro atoms. The molecule has 0 heterocycles. The van der Waals surface area contributed by atoms with Crippen LogP contribution in [0.1, 0.15) is 19.4 Å². The van der Waals surface area contributed by atoms with Gasteiger partial charge >= 0.3 is 12.0 Å². The van der Waals surface area contributed by atoms with Crippen molar-refractivity contribution in [3.63, 3.8) is 0 Å². The highest BCUT2D eigenvalue weighted by atomic mass is 16.5. The first-order valence-corrected chi connectivity index (χ1v) is 6.27. The van der Waals surface area contributed by atoms with Gasteiger partial charge in [-0.15, -0.1) is 0 Å². The molecule has 0 aliphatic rings.